The van der Waals surface area contributed by atoms with Gasteiger partial charge in [-0.25, -0.2) is 0 Å². The molecule has 0 saturated carbocycles. The lowest BCUT2D eigenvalue weighted by atomic mass is 10.1. The topological polar surface area (TPSA) is 29.1 Å². The number of fused-ring (bicyclic) bond motifs is 1. The first-order valence-corrected chi connectivity index (χ1v) is 8.66. The van der Waals surface area contributed by atoms with Gasteiger partial charge in [0.05, 0.1) is 5.75 Å². The minimum atomic E-state index is -0.00367. The number of rotatable bonds is 4. The van der Waals surface area contributed by atoms with E-state index in [4.69, 9.17) is 0 Å². The fraction of sp³-hybridized carbons (Fsp3) is 0.0556. The van der Waals surface area contributed by atoms with E-state index in [9.17, 15) is 4.79 Å². The van der Waals surface area contributed by atoms with E-state index in [-0.39, 0.29) is 5.91 Å². The van der Waals surface area contributed by atoms with Crippen LogP contribution in [0.25, 0.3) is 10.8 Å². The number of hydrogen-bond acceptors (Lipinski definition) is 2. The Balaban J connectivity index is 1.68. The van der Waals surface area contributed by atoms with E-state index in [2.05, 4.69) is 45.5 Å². The number of nitrogens with one attached hydrogen (secondary N) is 1. The second-order valence-electron chi connectivity index (χ2n) is 4.82. The van der Waals surface area contributed by atoms with Crippen LogP contribution in [0.5, 0.6) is 0 Å². The highest BCUT2D eigenvalue weighted by Gasteiger charge is 2.06. The molecule has 3 aromatic carbocycles. The van der Waals surface area contributed by atoms with Crippen LogP contribution < -0.4 is 5.32 Å². The van der Waals surface area contributed by atoms with E-state index in [1.54, 1.807) is 11.8 Å². The number of anilines is 1. The summed E-state index contributed by atoms with van der Waals surface area (Å²) >= 11 is 4.96. The largest absolute Gasteiger partial charge is 0.325 e. The Morgan fingerprint density at radius 2 is 1.77 bits per heavy atom. The Labute approximate surface area is 142 Å². The van der Waals surface area contributed by atoms with E-state index in [1.807, 2.05) is 42.5 Å². The summed E-state index contributed by atoms with van der Waals surface area (Å²) < 4.78 is 0.951. The molecule has 0 bridgehead atoms. The van der Waals surface area contributed by atoms with Gasteiger partial charge in [0, 0.05) is 15.1 Å². The van der Waals surface area contributed by atoms with Gasteiger partial charge in [-0.05, 0) is 35.0 Å². The van der Waals surface area contributed by atoms with Gasteiger partial charge in [0.25, 0.3) is 0 Å². The molecule has 3 aromatic rings. The number of carbonyl (C=O) groups excluding carboxylic acids is 1. The smallest absolute Gasteiger partial charge is 0.234 e. The third-order valence-electron chi connectivity index (χ3n) is 3.22. The van der Waals surface area contributed by atoms with E-state index in [0.717, 1.165) is 15.1 Å². The molecule has 0 radical (unpaired) electrons. The van der Waals surface area contributed by atoms with Crippen molar-refractivity contribution in [2.45, 2.75) is 4.90 Å². The Bertz CT molecular complexity index is 814. The van der Waals surface area contributed by atoms with Crippen molar-refractivity contribution in [3.8, 4) is 0 Å². The van der Waals surface area contributed by atoms with Crippen LogP contribution in [0.3, 0.4) is 0 Å². The first-order valence-electron chi connectivity index (χ1n) is 6.88. The van der Waals surface area contributed by atoms with Crippen molar-refractivity contribution in [3.63, 3.8) is 0 Å². The SMILES string of the molecule is O=C(CSc1cccc2ccccc12)Nc1cccc(Br)c1. The summed E-state index contributed by atoms with van der Waals surface area (Å²) in [7, 11) is 0. The molecule has 1 amide bonds. The first kappa shape index (κ1) is 15.1. The molecule has 0 saturated heterocycles. The van der Waals surface area contributed by atoms with Crippen LogP contribution in [-0.2, 0) is 4.79 Å². The molecule has 0 spiro atoms. The molecule has 0 fully saturated rings. The van der Waals surface area contributed by atoms with Gasteiger partial charge in [0.15, 0.2) is 0 Å². The van der Waals surface area contributed by atoms with Gasteiger partial charge in [-0.2, -0.15) is 0 Å². The van der Waals surface area contributed by atoms with Gasteiger partial charge < -0.3 is 5.32 Å². The van der Waals surface area contributed by atoms with Crippen LogP contribution in [0, 0.1) is 0 Å². The summed E-state index contributed by atoms with van der Waals surface area (Å²) in [5.74, 6) is 0.386. The lowest BCUT2D eigenvalue weighted by Crippen LogP contribution is -2.13. The van der Waals surface area contributed by atoms with E-state index in [1.165, 1.54) is 10.8 Å². The highest BCUT2D eigenvalue weighted by molar-refractivity contribution is 9.10. The Morgan fingerprint density at radius 1 is 1.00 bits per heavy atom. The van der Waals surface area contributed by atoms with Crippen molar-refractivity contribution in [2.24, 2.45) is 0 Å². The number of benzene rings is 3. The van der Waals surface area contributed by atoms with Gasteiger partial charge in [-0.15, -0.1) is 11.8 Å². The van der Waals surface area contributed by atoms with E-state index >= 15 is 0 Å². The van der Waals surface area contributed by atoms with Gasteiger partial charge in [-0.1, -0.05) is 58.4 Å². The zero-order chi connectivity index (χ0) is 15.4. The molecular weight excluding hydrogens is 358 g/mol. The quantitative estimate of drug-likeness (QED) is 0.627. The van der Waals surface area contributed by atoms with Crippen LogP contribution in [0.2, 0.25) is 0 Å². The molecule has 0 aromatic heterocycles. The maximum absolute atomic E-state index is 12.1. The summed E-state index contributed by atoms with van der Waals surface area (Å²) in [6, 6.07) is 22.0. The van der Waals surface area contributed by atoms with E-state index < -0.39 is 0 Å². The van der Waals surface area contributed by atoms with Crippen molar-refractivity contribution in [3.05, 3.63) is 71.2 Å². The fourth-order valence-corrected chi connectivity index (χ4v) is 3.50. The van der Waals surface area contributed by atoms with Crippen molar-refractivity contribution in [1.29, 1.82) is 0 Å². The zero-order valence-corrected chi connectivity index (χ0v) is 14.2. The molecule has 4 heteroatoms. The normalized spacial score (nSPS) is 10.6. The molecule has 0 heterocycles. The van der Waals surface area contributed by atoms with Crippen LogP contribution in [0.1, 0.15) is 0 Å². The van der Waals surface area contributed by atoms with E-state index in [0.29, 0.717) is 5.75 Å². The second kappa shape index (κ2) is 6.99. The average Bonchev–Trinajstić information content (AvgIpc) is 2.53. The molecule has 110 valence electrons. The maximum Gasteiger partial charge on any atom is 0.234 e. The van der Waals surface area contributed by atoms with Crippen molar-refractivity contribution in [2.75, 3.05) is 11.1 Å². The predicted molar refractivity (Wildman–Crippen MR) is 97.4 cm³/mol. The summed E-state index contributed by atoms with van der Waals surface area (Å²) in [5, 5.41) is 5.29. The van der Waals surface area contributed by atoms with Crippen molar-refractivity contribution < 1.29 is 4.79 Å². The highest BCUT2D eigenvalue weighted by atomic mass is 79.9. The zero-order valence-electron chi connectivity index (χ0n) is 11.8. The minimum Gasteiger partial charge on any atom is -0.325 e. The van der Waals surface area contributed by atoms with Gasteiger partial charge in [0.2, 0.25) is 5.91 Å². The Kier molecular flexibility index (Phi) is 4.80. The number of amides is 1. The molecule has 0 unspecified atom stereocenters. The predicted octanol–water partition coefficient (Wildman–Crippen LogP) is 5.33. The summed E-state index contributed by atoms with van der Waals surface area (Å²) in [6.07, 6.45) is 0. The molecule has 0 aliphatic carbocycles. The minimum absolute atomic E-state index is 0.00367. The van der Waals surface area contributed by atoms with Crippen LogP contribution in [0.15, 0.2) is 76.1 Å². The highest BCUT2D eigenvalue weighted by Crippen LogP contribution is 2.27. The monoisotopic (exact) mass is 371 g/mol. The third-order valence-corrected chi connectivity index (χ3v) is 4.78. The Morgan fingerprint density at radius 3 is 2.64 bits per heavy atom. The van der Waals surface area contributed by atoms with Crippen LogP contribution in [-0.4, -0.2) is 11.7 Å². The van der Waals surface area contributed by atoms with Gasteiger partial charge >= 0.3 is 0 Å². The summed E-state index contributed by atoms with van der Waals surface area (Å²) in [5.41, 5.74) is 0.804. The number of halogens is 1. The van der Waals surface area contributed by atoms with Crippen LogP contribution in [0.4, 0.5) is 5.69 Å². The van der Waals surface area contributed by atoms with Crippen LogP contribution >= 0.6 is 27.7 Å². The number of thioether (sulfide) groups is 1. The van der Waals surface area contributed by atoms with Gasteiger partial charge in [-0.3, -0.25) is 4.79 Å². The van der Waals surface area contributed by atoms with Crippen molar-refractivity contribution in [1.82, 2.24) is 0 Å². The maximum atomic E-state index is 12.1. The second-order valence-corrected chi connectivity index (χ2v) is 6.76. The number of carbonyl (C=O) groups is 1. The molecule has 0 atom stereocenters. The lowest BCUT2D eigenvalue weighted by Gasteiger charge is -2.07. The lowest BCUT2D eigenvalue weighted by molar-refractivity contribution is -0.113. The van der Waals surface area contributed by atoms with Gasteiger partial charge in [0.1, 0.15) is 0 Å². The molecule has 22 heavy (non-hydrogen) atoms. The summed E-state index contributed by atoms with van der Waals surface area (Å²) in [4.78, 5) is 13.2. The Hall–Kier alpha value is -1.78. The average molecular weight is 372 g/mol. The molecule has 2 nitrogen and oxygen atoms in total. The fourth-order valence-electron chi connectivity index (χ4n) is 2.23. The van der Waals surface area contributed by atoms with Crippen molar-refractivity contribution >= 4 is 50.1 Å². The molecule has 3 rings (SSSR count). The molecule has 0 aliphatic heterocycles. The standard InChI is InChI=1S/C18H14BrNOS/c19-14-7-4-8-15(11-14)20-18(21)12-22-17-10-3-6-13-5-1-2-9-16(13)17/h1-11H,12H2,(H,20,21). The molecular formula is C18H14BrNOS. The third kappa shape index (κ3) is 3.70. The molecule has 1 N–H and O–H groups in total. The first-order chi connectivity index (χ1) is 10.7. The number of hydrogen-bond donors (Lipinski definition) is 1. The molecule has 0 aliphatic rings. The summed E-state index contributed by atoms with van der Waals surface area (Å²) in [6.45, 7) is 0.